The number of halogens is 4. The van der Waals surface area contributed by atoms with Gasteiger partial charge in [-0.2, -0.15) is 13.2 Å². The zero-order valence-electron chi connectivity index (χ0n) is 14.3. The second-order valence-electron chi connectivity index (χ2n) is 6.04. The molecule has 27 heavy (non-hydrogen) atoms. The number of anilines is 2. The summed E-state index contributed by atoms with van der Waals surface area (Å²) in [6.45, 7) is 1.97. The van der Waals surface area contributed by atoms with Gasteiger partial charge in [-0.3, -0.25) is 0 Å². The van der Waals surface area contributed by atoms with Crippen molar-refractivity contribution in [3.05, 3.63) is 94.0 Å². The van der Waals surface area contributed by atoms with Crippen LogP contribution in [0.4, 0.5) is 24.5 Å². The summed E-state index contributed by atoms with van der Waals surface area (Å²) < 4.78 is 38.5. The van der Waals surface area contributed by atoms with E-state index in [1.165, 1.54) is 6.07 Å². The first-order valence-electron chi connectivity index (χ1n) is 8.10. The molecule has 0 heterocycles. The van der Waals surface area contributed by atoms with E-state index in [1.54, 1.807) is 24.3 Å². The van der Waals surface area contributed by atoms with Gasteiger partial charge in [0.25, 0.3) is 0 Å². The van der Waals surface area contributed by atoms with E-state index in [0.717, 1.165) is 23.3 Å². The van der Waals surface area contributed by atoms with Crippen LogP contribution in [-0.2, 0) is 6.18 Å². The molecule has 0 unspecified atom stereocenters. The van der Waals surface area contributed by atoms with Crippen molar-refractivity contribution in [2.45, 2.75) is 13.1 Å². The van der Waals surface area contributed by atoms with E-state index in [9.17, 15) is 13.2 Å². The maximum Gasteiger partial charge on any atom is 0.416 e. The van der Waals surface area contributed by atoms with Crippen molar-refractivity contribution in [2.24, 2.45) is 0 Å². The van der Waals surface area contributed by atoms with Crippen molar-refractivity contribution in [1.82, 2.24) is 0 Å². The van der Waals surface area contributed by atoms with E-state index in [0.29, 0.717) is 26.8 Å². The van der Waals surface area contributed by atoms with Crippen molar-refractivity contribution in [1.29, 1.82) is 0 Å². The third kappa shape index (κ3) is 4.49. The number of alkyl halides is 3. The average Bonchev–Trinajstić information content (AvgIpc) is 2.61. The summed E-state index contributed by atoms with van der Waals surface area (Å²) in [4.78, 5) is 0.628. The van der Waals surface area contributed by atoms with Gasteiger partial charge in [-0.15, -0.1) is 0 Å². The molecule has 6 heteroatoms. The topological polar surface area (TPSA) is 12.0 Å². The zero-order chi connectivity index (χ0) is 19.6. The van der Waals surface area contributed by atoms with Gasteiger partial charge in [-0.25, -0.2) is 0 Å². The highest BCUT2D eigenvalue weighted by Crippen LogP contribution is 2.32. The third-order valence-electron chi connectivity index (χ3n) is 4.08. The minimum atomic E-state index is -4.39. The van der Waals surface area contributed by atoms with Crippen LogP contribution in [0.1, 0.15) is 22.3 Å². The molecule has 0 atom stereocenters. The van der Waals surface area contributed by atoms with Crippen LogP contribution in [0.2, 0.25) is 5.02 Å². The van der Waals surface area contributed by atoms with Crippen LogP contribution in [-0.4, -0.2) is 4.86 Å². The molecule has 0 bridgehead atoms. The maximum absolute atomic E-state index is 12.8. The molecule has 0 spiro atoms. The third-order valence-corrected chi connectivity index (χ3v) is 4.83. The molecule has 1 nitrogen and oxygen atoms in total. The van der Waals surface area contributed by atoms with Crippen LogP contribution < -0.4 is 5.32 Å². The molecule has 0 saturated heterocycles. The monoisotopic (exact) mass is 405 g/mol. The van der Waals surface area contributed by atoms with Gasteiger partial charge in [-0.05, 0) is 54.4 Å². The zero-order valence-corrected chi connectivity index (χ0v) is 15.8. The average molecular weight is 406 g/mol. The van der Waals surface area contributed by atoms with Gasteiger partial charge in [-0.1, -0.05) is 54.2 Å². The summed E-state index contributed by atoms with van der Waals surface area (Å²) in [6.07, 6.45) is -4.39. The fraction of sp³-hybridized carbons (Fsp3) is 0.0952. The predicted octanol–water partition coefficient (Wildman–Crippen LogP) is 7.18. The number of aryl methyl sites for hydroxylation is 1. The Morgan fingerprint density at radius 3 is 2.26 bits per heavy atom. The number of hydrogen-bond donors (Lipinski definition) is 1. The maximum atomic E-state index is 12.8. The molecule has 0 aliphatic carbocycles. The van der Waals surface area contributed by atoms with Crippen LogP contribution in [0, 0.1) is 6.92 Å². The lowest BCUT2D eigenvalue weighted by Crippen LogP contribution is -2.05. The molecule has 0 aliphatic heterocycles. The van der Waals surface area contributed by atoms with Crippen LogP contribution >= 0.6 is 23.8 Å². The van der Waals surface area contributed by atoms with Gasteiger partial charge in [0.1, 0.15) is 0 Å². The highest BCUT2D eigenvalue weighted by atomic mass is 35.5. The predicted molar refractivity (Wildman–Crippen MR) is 108 cm³/mol. The Balaban J connectivity index is 1.86. The number of thiocarbonyl (C=S) groups is 1. The summed E-state index contributed by atoms with van der Waals surface area (Å²) in [7, 11) is 0. The summed E-state index contributed by atoms with van der Waals surface area (Å²) in [5, 5.41) is 3.38. The fourth-order valence-corrected chi connectivity index (χ4v) is 3.43. The second-order valence-corrected chi connectivity index (χ2v) is 6.86. The Kier molecular flexibility index (Phi) is 5.53. The molecular weight excluding hydrogens is 391 g/mol. The standard InChI is InChI=1S/C21H15ClF3NS/c1-13-5-2-3-8-17(13)20(27)18-10-9-16(12-19(18)22)26-15-7-4-6-14(11-15)21(23,24)25/h2-12,26H,1H3. The van der Waals surface area contributed by atoms with E-state index in [4.69, 9.17) is 23.8 Å². The molecule has 0 radical (unpaired) electrons. The van der Waals surface area contributed by atoms with Gasteiger partial charge in [0.2, 0.25) is 0 Å². The molecule has 3 aromatic rings. The van der Waals surface area contributed by atoms with Crippen molar-refractivity contribution in [3.63, 3.8) is 0 Å². The van der Waals surface area contributed by atoms with Gasteiger partial charge in [0.05, 0.1) is 15.5 Å². The highest BCUT2D eigenvalue weighted by Gasteiger charge is 2.30. The number of rotatable bonds is 4. The number of nitrogens with one attached hydrogen (secondary N) is 1. The molecule has 138 valence electrons. The van der Waals surface area contributed by atoms with E-state index in [1.807, 2.05) is 31.2 Å². The molecule has 0 amide bonds. The fourth-order valence-electron chi connectivity index (χ4n) is 2.69. The van der Waals surface area contributed by atoms with Crippen molar-refractivity contribution < 1.29 is 13.2 Å². The Morgan fingerprint density at radius 1 is 0.889 bits per heavy atom. The molecule has 0 saturated carbocycles. The first-order valence-corrected chi connectivity index (χ1v) is 8.88. The highest BCUT2D eigenvalue weighted by molar-refractivity contribution is 7.81. The van der Waals surface area contributed by atoms with Gasteiger partial charge < -0.3 is 5.32 Å². The Bertz CT molecular complexity index is 999. The van der Waals surface area contributed by atoms with Crippen molar-refractivity contribution >= 4 is 40.1 Å². The lowest BCUT2D eigenvalue weighted by molar-refractivity contribution is -0.137. The van der Waals surface area contributed by atoms with Gasteiger partial charge in [0, 0.05) is 16.9 Å². The molecule has 0 aliphatic rings. The minimum Gasteiger partial charge on any atom is -0.355 e. The first-order chi connectivity index (χ1) is 12.8. The SMILES string of the molecule is Cc1ccccc1C(=S)c1ccc(Nc2cccc(C(F)(F)F)c2)cc1Cl. The van der Waals surface area contributed by atoms with Crippen LogP contribution in [0.3, 0.4) is 0 Å². The van der Waals surface area contributed by atoms with E-state index in [2.05, 4.69) is 5.32 Å². The quantitative estimate of drug-likeness (QED) is 0.364. The molecular formula is C21H15ClF3NS. The Labute approximate surface area is 165 Å². The smallest absolute Gasteiger partial charge is 0.355 e. The summed E-state index contributed by atoms with van der Waals surface area (Å²) >= 11 is 12.0. The largest absolute Gasteiger partial charge is 0.416 e. The number of benzene rings is 3. The van der Waals surface area contributed by atoms with Gasteiger partial charge >= 0.3 is 6.18 Å². The first kappa shape index (κ1) is 19.4. The van der Waals surface area contributed by atoms with Crippen molar-refractivity contribution in [3.8, 4) is 0 Å². The molecule has 0 aromatic heterocycles. The van der Waals surface area contributed by atoms with E-state index < -0.39 is 11.7 Å². The Hall–Kier alpha value is -2.37. The van der Waals surface area contributed by atoms with Gasteiger partial charge in [0.15, 0.2) is 0 Å². The summed E-state index contributed by atoms with van der Waals surface area (Å²) in [6, 6.07) is 17.9. The number of hydrogen-bond acceptors (Lipinski definition) is 2. The van der Waals surface area contributed by atoms with Crippen LogP contribution in [0.25, 0.3) is 0 Å². The molecule has 0 fully saturated rings. The molecule has 1 N–H and O–H groups in total. The van der Waals surface area contributed by atoms with Crippen molar-refractivity contribution in [2.75, 3.05) is 5.32 Å². The summed E-state index contributed by atoms with van der Waals surface area (Å²) in [5.41, 5.74) is 2.87. The lowest BCUT2D eigenvalue weighted by atomic mass is 10.00. The lowest BCUT2D eigenvalue weighted by Gasteiger charge is -2.13. The van der Waals surface area contributed by atoms with E-state index in [-0.39, 0.29) is 0 Å². The van der Waals surface area contributed by atoms with Crippen LogP contribution in [0.15, 0.2) is 66.7 Å². The van der Waals surface area contributed by atoms with E-state index >= 15 is 0 Å². The normalized spacial score (nSPS) is 11.3. The summed E-state index contributed by atoms with van der Waals surface area (Å²) in [5.74, 6) is 0. The van der Waals surface area contributed by atoms with Crippen LogP contribution in [0.5, 0.6) is 0 Å². The minimum absolute atomic E-state index is 0.329. The Morgan fingerprint density at radius 2 is 1.59 bits per heavy atom. The molecule has 3 aromatic carbocycles. The second kappa shape index (κ2) is 7.71. The molecule has 3 rings (SSSR count).